The van der Waals surface area contributed by atoms with Crippen LogP contribution in [0.5, 0.6) is 0 Å². The van der Waals surface area contributed by atoms with Gasteiger partial charge in [-0.15, -0.1) is 0 Å². The van der Waals surface area contributed by atoms with E-state index in [2.05, 4.69) is 5.43 Å². The van der Waals surface area contributed by atoms with Crippen molar-refractivity contribution in [1.82, 2.24) is 5.43 Å². The third kappa shape index (κ3) is 2.54. The molecule has 1 aromatic rings. The molecule has 4 unspecified atom stereocenters. The standard InChI is InChI=1S/C16H23FN2/c1-10-2-5-14(17)8-13(10)9-16(19-18)15-7-11-3-4-12(15)6-11/h2,5,8,11-12,15-16,19H,3-4,6-7,9,18H2,1H3. The first-order valence-electron chi connectivity index (χ1n) is 7.38. The second-order valence-corrected chi connectivity index (χ2v) is 6.39. The summed E-state index contributed by atoms with van der Waals surface area (Å²) in [6.07, 6.45) is 6.28. The number of nitrogens with one attached hydrogen (secondary N) is 1. The Morgan fingerprint density at radius 1 is 1.37 bits per heavy atom. The molecule has 0 saturated heterocycles. The fourth-order valence-electron chi connectivity index (χ4n) is 4.22. The summed E-state index contributed by atoms with van der Waals surface area (Å²) >= 11 is 0. The Kier molecular flexibility index (Phi) is 3.59. The lowest BCUT2D eigenvalue weighted by Crippen LogP contribution is -2.44. The quantitative estimate of drug-likeness (QED) is 0.647. The Balaban J connectivity index is 1.74. The van der Waals surface area contributed by atoms with E-state index >= 15 is 0 Å². The van der Waals surface area contributed by atoms with Gasteiger partial charge in [0.15, 0.2) is 0 Å². The minimum Gasteiger partial charge on any atom is -0.271 e. The van der Waals surface area contributed by atoms with Crippen LogP contribution in [0.15, 0.2) is 18.2 Å². The Hall–Kier alpha value is -0.930. The summed E-state index contributed by atoms with van der Waals surface area (Å²) < 4.78 is 13.4. The number of benzene rings is 1. The highest BCUT2D eigenvalue weighted by molar-refractivity contribution is 5.27. The molecule has 2 aliphatic carbocycles. The van der Waals surface area contributed by atoms with Crippen LogP contribution in [0.25, 0.3) is 0 Å². The second kappa shape index (κ2) is 5.22. The number of hydrogen-bond donors (Lipinski definition) is 2. The van der Waals surface area contributed by atoms with Gasteiger partial charge in [-0.25, -0.2) is 4.39 Å². The van der Waals surface area contributed by atoms with Crippen LogP contribution < -0.4 is 11.3 Å². The van der Waals surface area contributed by atoms with Crippen molar-refractivity contribution in [1.29, 1.82) is 0 Å². The van der Waals surface area contributed by atoms with Crippen LogP contribution in [0.1, 0.15) is 36.8 Å². The van der Waals surface area contributed by atoms with Crippen LogP contribution in [-0.2, 0) is 6.42 Å². The lowest BCUT2D eigenvalue weighted by atomic mass is 9.81. The van der Waals surface area contributed by atoms with E-state index < -0.39 is 0 Å². The van der Waals surface area contributed by atoms with E-state index in [1.165, 1.54) is 31.7 Å². The zero-order chi connectivity index (χ0) is 13.4. The molecule has 0 heterocycles. The van der Waals surface area contributed by atoms with Gasteiger partial charge in [-0.05, 0) is 73.6 Å². The molecular formula is C16H23FN2. The second-order valence-electron chi connectivity index (χ2n) is 6.39. The smallest absolute Gasteiger partial charge is 0.123 e. The average molecular weight is 262 g/mol. The zero-order valence-electron chi connectivity index (χ0n) is 11.5. The van der Waals surface area contributed by atoms with Gasteiger partial charge in [-0.1, -0.05) is 12.5 Å². The summed E-state index contributed by atoms with van der Waals surface area (Å²) in [7, 11) is 0. The number of nitrogens with two attached hydrogens (primary N) is 1. The highest BCUT2D eigenvalue weighted by atomic mass is 19.1. The molecule has 2 aliphatic rings. The van der Waals surface area contributed by atoms with Crippen LogP contribution in [0.2, 0.25) is 0 Å². The number of hydrogen-bond acceptors (Lipinski definition) is 2. The van der Waals surface area contributed by atoms with Crippen LogP contribution >= 0.6 is 0 Å². The maximum absolute atomic E-state index is 13.4. The molecule has 0 aromatic heterocycles. The van der Waals surface area contributed by atoms with Crippen molar-refractivity contribution in [3.63, 3.8) is 0 Å². The first kappa shape index (κ1) is 13.1. The molecule has 0 amide bonds. The van der Waals surface area contributed by atoms with Crippen LogP contribution in [0.3, 0.4) is 0 Å². The van der Waals surface area contributed by atoms with E-state index in [9.17, 15) is 4.39 Å². The first-order valence-corrected chi connectivity index (χ1v) is 7.38. The minimum atomic E-state index is -0.149. The van der Waals surface area contributed by atoms with Crippen molar-refractivity contribution in [3.8, 4) is 0 Å². The molecule has 2 fully saturated rings. The van der Waals surface area contributed by atoms with Crippen LogP contribution in [-0.4, -0.2) is 6.04 Å². The summed E-state index contributed by atoms with van der Waals surface area (Å²) in [4.78, 5) is 0. The predicted molar refractivity (Wildman–Crippen MR) is 74.9 cm³/mol. The van der Waals surface area contributed by atoms with Crippen molar-refractivity contribution in [2.75, 3.05) is 0 Å². The number of fused-ring (bicyclic) bond motifs is 2. The Bertz CT molecular complexity index is 460. The zero-order valence-corrected chi connectivity index (χ0v) is 11.5. The molecule has 2 saturated carbocycles. The monoisotopic (exact) mass is 262 g/mol. The van der Waals surface area contributed by atoms with Gasteiger partial charge in [0.1, 0.15) is 5.82 Å². The molecule has 3 rings (SSSR count). The van der Waals surface area contributed by atoms with E-state index in [1.54, 1.807) is 6.07 Å². The highest BCUT2D eigenvalue weighted by Crippen LogP contribution is 2.49. The number of hydrazine groups is 1. The van der Waals surface area contributed by atoms with E-state index in [0.29, 0.717) is 5.92 Å². The van der Waals surface area contributed by atoms with Crippen molar-refractivity contribution in [2.45, 2.75) is 45.1 Å². The lowest BCUT2D eigenvalue weighted by molar-refractivity contribution is 0.248. The number of rotatable bonds is 4. The molecule has 0 aliphatic heterocycles. The lowest BCUT2D eigenvalue weighted by Gasteiger charge is -2.30. The topological polar surface area (TPSA) is 38.0 Å². The van der Waals surface area contributed by atoms with Crippen molar-refractivity contribution in [3.05, 3.63) is 35.1 Å². The largest absolute Gasteiger partial charge is 0.271 e. The fraction of sp³-hybridized carbons (Fsp3) is 0.625. The van der Waals surface area contributed by atoms with Crippen LogP contribution in [0, 0.1) is 30.5 Å². The van der Waals surface area contributed by atoms with Crippen molar-refractivity contribution < 1.29 is 4.39 Å². The summed E-state index contributed by atoms with van der Waals surface area (Å²) in [5, 5.41) is 0. The minimum absolute atomic E-state index is 0.149. The summed E-state index contributed by atoms with van der Waals surface area (Å²) in [5.41, 5.74) is 5.25. The maximum Gasteiger partial charge on any atom is 0.123 e. The summed E-state index contributed by atoms with van der Waals surface area (Å²) in [6.45, 7) is 2.04. The molecule has 19 heavy (non-hydrogen) atoms. The first-order chi connectivity index (χ1) is 9.17. The SMILES string of the molecule is Cc1ccc(F)cc1CC(NN)C1CC2CCC1C2. The molecule has 4 atom stereocenters. The third-order valence-electron chi connectivity index (χ3n) is 5.27. The fourth-order valence-corrected chi connectivity index (χ4v) is 4.22. The Labute approximate surface area is 114 Å². The van der Waals surface area contributed by atoms with Crippen molar-refractivity contribution in [2.24, 2.45) is 23.6 Å². The van der Waals surface area contributed by atoms with Gasteiger partial charge in [-0.2, -0.15) is 0 Å². The van der Waals surface area contributed by atoms with Gasteiger partial charge in [0.2, 0.25) is 0 Å². The normalized spacial score (nSPS) is 30.8. The molecule has 104 valence electrons. The third-order valence-corrected chi connectivity index (χ3v) is 5.27. The Morgan fingerprint density at radius 3 is 2.84 bits per heavy atom. The number of aryl methyl sites for hydroxylation is 1. The highest BCUT2D eigenvalue weighted by Gasteiger charge is 2.42. The van der Waals surface area contributed by atoms with Gasteiger partial charge in [0, 0.05) is 6.04 Å². The predicted octanol–water partition coefficient (Wildman–Crippen LogP) is 2.94. The van der Waals surface area contributed by atoms with Gasteiger partial charge >= 0.3 is 0 Å². The summed E-state index contributed by atoms with van der Waals surface area (Å²) in [6, 6.07) is 5.34. The molecule has 3 heteroatoms. The molecule has 0 spiro atoms. The van der Waals surface area contributed by atoms with E-state index in [1.807, 2.05) is 13.0 Å². The maximum atomic E-state index is 13.4. The van der Waals surface area contributed by atoms with E-state index in [0.717, 1.165) is 29.4 Å². The molecule has 1 aromatic carbocycles. The molecular weight excluding hydrogens is 239 g/mol. The van der Waals surface area contributed by atoms with Gasteiger partial charge in [0.25, 0.3) is 0 Å². The van der Waals surface area contributed by atoms with Crippen LogP contribution in [0.4, 0.5) is 4.39 Å². The number of halogens is 1. The van der Waals surface area contributed by atoms with E-state index in [-0.39, 0.29) is 11.9 Å². The van der Waals surface area contributed by atoms with Gasteiger partial charge in [0.05, 0.1) is 0 Å². The summed E-state index contributed by atoms with van der Waals surface area (Å²) in [5.74, 6) is 8.05. The molecule has 3 N–H and O–H groups in total. The molecule has 0 radical (unpaired) electrons. The van der Waals surface area contributed by atoms with Gasteiger partial charge < -0.3 is 0 Å². The molecule has 2 nitrogen and oxygen atoms in total. The van der Waals surface area contributed by atoms with Crippen molar-refractivity contribution >= 4 is 0 Å². The van der Waals surface area contributed by atoms with Gasteiger partial charge in [-0.3, -0.25) is 11.3 Å². The van der Waals surface area contributed by atoms with E-state index in [4.69, 9.17) is 5.84 Å². The molecule has 2 bridgehead atoms. The Morgan fingerprint density at radius 2 is 2.21 bits per heavy atom. The average Bonchev–Trinajstić information content (AvgIpc) is 3.02.